The molecule has 0 radical (unpaired) electrons. The minimum absolute atomic E-state index is 0.0411. The highest BCUT2D eigenvalue weighted by molar-refractivity contribution is 6.30. The van der Waals surface area contributed by atoms with E-state index in [2.05, 4.69) is 22.8 Å². The smallest absolute Gasteiger partial charge is 0.222 e. The van der Waals surface area contributed by atoms with Gasteiger partial charge in [-0.05, 0) is 43.5 Å². The summed E-state index contributed by atoms with van der Waals surface area (Å²) in [5, 5.41) is 0.753. The molecule has 2 aliphatic heterocycles. The molecule has 0 saturated carbocycles. The second kappa shape index (κ2) is 9.53. The molecule has 166 valence electrons. The lowest BCUT2D eigenvalue weighted by atomic mass is 10.1. The molecule has 0 aliphatic carbocycles. The molecule has 1 unspecified atom stereocenters. The fraction of sp³-hybridized carbons (Fsp3) is 0.458. The summed E-state index contributed by atoms with van der Waals surface area (Å²) in [5.41, 5.74) is 2.77. The first-order chi connectivity index (χ1) is 14.9. The van der Waals surface area contributed by atoms with Gasteiger partial charge in [-0.15, -0.1) is 0 Å². The van der Waals surface area contributed by atoms with Crippen LogP contribution in [-0.4, -0.2) is 54.5 Å². The molecule has 7 heteroatoms. The average molecular weight is 448 g/mol. The third kappa shape index (κ3) is 5.18. The lowest BCUT2D eigenvalue weighted by Gasteiger charge is -2.40. The SMILES string of the molecule is Cc1ccc(Cl)cc1N1CCN(C2CCC(=O)N(Cc3ccc(F)cc3F)CC2)CC1. The first-order valence-electron chi connectivity index (χ1n) is 10.9. The van der Waals surface area contributed by atoms with Crippen molar-refractivity contribution in [1.82, 2.24) is 9.80 Å². The van der Waals surface area contributed by atoms with Crippen molar-refractivity contribution in [2.24, 2.45) is 0 Å². The molecule has 0 bridgehead atoms. The number of aryl methyl sites for hydroxylation is 1. The summed E-state index contributed by atoms with van der Waals surface area (Å²) in [6.07, 6.45) is 2.14. The fourth-order valence-electron chi connectivity index (χ4n) is 4.66. The predicted octanol–water partition coefficient (Wildman–Crippen LogP) is 4.63. The molecule has 1 amide bonds. The van der Waals surface area contributed by atoms with Gasteiger partial charge in [0.1, 0.15) is 11.6 Å². The second-order valence-corrected chi connectivity index (χ2v) is 8.92. The lowest BCUT2D eigenvalue weighted by Crippen LogP contribution is -2.50. The van der Waals surface area contributed by atoms with Gasteiger partial charge in [0.05, 0.1) is 0 Å². The van der Waals surface area contributed by atoms with Crippen LogP contribution in [0.15, 0.2) is 36.4 Å². The maximum absolute atomic E-state index is 14.0. The van der Waals surface area contributed by atoms with Crippen LogP contribution < -0.4 is 4.90 Å². The molecule has 1 atom stereocenters. The van der Waals surface area contributed by atoms with Crippen molar-refractivity contribution < 1.29 is 13.6 Å². The van der Waals surface area contributed by atoms with E-state index in [0.717, 1.165) is 50.1 Å². The molecule has 0 N–H and O–H groups in total. The van der Waals surface area contributed by atoms with Gasteiger partial charge < -0.3 is 9.80 Å². The number of hydrogen-bond acceptors (Lipinski definition) is 3. The van der Waals surface area contributed by atoms with E-state index in [1.54, 1.807) is 4.90 Å². The molecule has 2 aromatic rings. The topological polar surface area (TPSA) is 26.8 Å². The molecule has 4 rings (SSSR count). The van der Waals surface area contributed by atoms with E-state index >= 15 is 0 Å². The second-order valence-electron chi connectivity index (χ2n) is 8.49. The van der Waals surface area contributed by atoms with E-state index in [-0.39, 0.29) is 12.5 Å². The fourth-order valence-corrected chi connectivity index (χ4v) is 4.83. The van der Waals surface area contributed by atoms with Gasteiger partial charge in [-0.3, -0.25) is 9.69 Å². The number of halogens is 3. The van der Waals surface area contributed by atoms with Crippen LogP contribution in [0, 0.1) is 18.6 Å². The van der Waals surface area contributed by atoms with Crippen molar-refractivity contribution in [3.05, 3.63) is 64.2 Å². The number of likely N-dealkylation sites (tertiary alicyclic amines) is 1. The Hall–Kier alpha value is -2.18. The molecule has 2 aliphatic rings. The number of benzene rings is 2. The van der Waals surface area contributed by atoms with Gasteiger partial charge in [0.25, 0.3) is 0 Å². The van der Waals surface area contributed by atoms with Crippen LogP contribution in [0.2, 0.25) is 5.02 Å². The zero-order valence-electron chi connectivity index (χ0n) is 17.8. The van der Waals surface area contributed by atoms with Gasteiger partial charge in [0.2, 0.25) is 5.91 Å². The molecular formula is C24H28ClF2N3O. The zero-order chi connectivity index (χ0) is 22.0. The van der Waals surface area contributed by atoms with Crippen LogP contribution in [0.5, 0.6) is 0 Å². The molecule has 31 heavy (non-hydrogen) atoms. The Labute approximate surface area is 187 Å². The summed E-state index contributed by atoms with van der Waals surface area (Å²) in [4.78, 5) is 19.2. The minimum Gasteiger partial charge on any atom is -0.369 e. The summed E-state index contributed by atoms with van der Waals surface area (Å²) in [6, 6.07) is 9.89. The van der Waals surface area contributed by atoms with Crippen molar-refractivity contribution >= 4 is 23.2 Å². The maximum Gasteiger partial charge on any atom is 0.222 e. The molecule has 0 aromatic heterocycles. The number of piperazine rings is 1. The summed E-state index contributed by atoms with van der Waals surface area (Å²) in [6.45, 7) is 6.63. The first kappa shape index (κ1) is 22.0. The van der Waals surface area contributed by atoms with E-state index < -0.39 is 11.6 Å². The van der Waals surface area contributed by atoms with Crippen molar-refractivity contribution in [3.8, 4) is 0 Å². The van der Waals surface area contributed by atoms with Crippen molar-refractivity contribution in [1.29, 1.82) is 0 Å². The predicted molar refractivity (Wildman–Crippen MR) is 119 cm³/mol. The minimum atomic E-state index is -0.601. The Balaban J connectivity index is 1.34. The summed E-state index contributed by atoms with van der Waals surface area (Å²) in [7, 11) is 0. The normalized spacial score (nSPS) is 20.8. The average Bonchev–Trinajstić information content (AvgIpc) is 2.94. The maximum atomic E-state index is 14.0. The summed E-state index contributed by atoms with van der Waals surface area (Å²) in [5.74, 6) is -1.16. The number of carbonyl (C=O) groups is 1. The number of hydrogen-bond donors (Lipinski definition) is 0. The monoisotopic (exact) mass is 447 g/mol. The van der Waals surface area contributed by atoms with Crippen LogP contribution in [-0.2, 0) is 11.3 Å². The van der Waals surface area contributed by atoms with Gasteiger partial charge in [0.15, 0.2) is 0 Å². The molecule has 2 fully saturated rings. The zero-order valence-corrected chi connectivity index (χ0v) is 18.5. The van der Waals surface area contributed by atoms with Crippen LogP contribution in [0.1, 0.15) is 30.4 Å². The Bertz CT molecular complexity index is 946. The van der Waals surface area contributed by atoms with Gasteiger partial charge in [0, 0.05) is 74.1 Å². The standard InChI is InChI=1S/C24H28ClF2N3O/c1-17-2-4-19(25)14-23(17)29-12-10-28(11-13-29)21-6-7-24(31)30(9-8-21)16-18-3-5-20(26)15-22(18)27/h2-5,14-15,21H,6-13,16H2,1H3. The molecule has 2 aromatic carbocycles. The molecule has 4 nitrogen and oxygen atoms in total. The Morgan fingerprint density at radius 1 is 1.00 bits per heavy atom. The number of carbonyl (C=O) groups excluding carboxylic acids is 1. The number of rotatable bonds is 4. The molecule has 2 saturated heterocycles. The van der Waals surface area contributed by atoms with E-state index in [9.17, 15) is 13.6 Å². The highest BCUT2D eigenvalue weighted by Gasteiger charge is 2.29. The Kier molecular flexibility index (Phi) is 6.77. The summed E-state index contributed by atoms with van der Waals surface area (Å²) < 4.78 is 27.2. The van der Waals surface area contributed by atoms with Crippen LogP contribution in [0.25, 0.3) is 0 Å². The van der Waals surface area contributed by atoms with E-state index in [1.165, 1.54) is 23.4 Å². The van der Waals surface area contributed by atoms with Gasteiger partial charge in [-0.2, -0.15) is 0 Å². The van der Waals surface area contributed by atoms with Crippen molar-refractivity contribution in [3.63, 3.8) is 0 Å². The highest BCUT2D eigenvalue weighted by atomic mass is 35.5. The largest absolute Gasteiger partial charge is 0.369 e. The van der Waals surface area contributed by atoms with Crippen LogP contribution >= 0.6 is 11.6 Å². The quantitative estimate of drug-likeness (QED) is 0.683. The molecular weight excluding hydrogens is 420 g/mol. The first-order valence-corrected chi connectivity index (χ1v) is 11.3. The summed E-state index contributed by atoms with van der Waals surface area (Å²) >= 11 is 6.19. The van der Waals surface area contributed by atoms with E-state index in [0.29, 0.717) is 24.6 Å². The third-order valence-corrected chi connectivity index (χ3v) is 6.73. The number of anilines is 1. The highest BCUT2D eigenvalue weighted by Crippen LogP contribution is 2.27. The van der Waals surface area contributed by atoms with E-state index in [4.69, 9.17) is 11.6 Å². The Morgan fingerprint density at radius 2 is 1.77 bits per heavy atom. The van der Waals surface area contributed by atoms with Crippen LogP contribution in [0.3, 0.4) is 0 Å². The third-order valence-electron chi connectivity index (χ3n) is 6.50. The lowest BCUT2D eigenvalue weighted by molar-refractivity contribution is -0.131. The molecule has 2 heterocycles. The molecule has 0 spiro atoms. The van der Waals surface area contributed by atoms with Gasteiger partial charge in [-0.25, -0.2) is 8.78 Å². The van der Waals surface area contributed by atoms with E-state index in [1.807, 2.05) is 12.1 Å². The van der Waals surface area contributed by atoms with Gasteiger partial charge >= 0.3 is 0 Å². The van der Waals surface area contributed by atoms with Crippen molar-refractivity contribution in [2.75, 3.05) is 37.6 Å². The number of nitrogens with zero attached hydrogens (tertiary/aromatic N) is 3. The van der Waals surface area contributed by atoms with Crippen LogP contribution in [0.4, 0.5) is 14.5 Å². The van der Waals surface area contributed by atoms with Gasteiger partial charge in [-0.1, -0.05) is 23.7 Å². The Morgan fingerprint density at radius 3 is 2.52 bits per heavy atom. The van der Waals surface area contributed by atoms with Crippen molar-refractivity contribution in [2.45, 2.75) is 38.8 Å². The number of amides is 1.